The first kappa shape index (κ1) is 28.8. The Morgan fingerprint density at radius 2 is 0.696 bits per heavy atom. The van der Waals surface area contributed by atoms with Gasteiger partial charge >= 0.3 is 23.9 Å². The Bertz CT molecular complexity index is 323. The minimum atomic E-state index is -1.23. The van der Waals surface area contributed by atoms with Gasteiger partial charge in [-0.05, 0) is 0 Å². The molecule has 0 aromatic rings. The van der Waals surface area contributed by atoms with E-state index in [1.54, 1.807) is 0 Å². The van der Waals surface area contributed by atoms with Gasteiger partial charge in [-0.15, -0.1) is 0 Å². The van der Waals surface area contributed by atoms with E-state index < -0.39 is 50.1 Å². The van der Waals surface area contributed by atoms with Gasteiger partial charge in [0.05, 0.1) is 26.2 Å². The first-order valence-electron chi connectivity index (χ1n) is 5.52. The lowest BCUT2D eigenvalue weighted by molar-refractivity contribution is -0.145. The summed E-state index contributed by atoms with van der Waals surface area (Å²) in [5.74, 6) is -4.91. The van der Waals surface area contributed by atoms with E-state index in [-0.39, 0.29) is 31.5 Å². The van der Waals surface area contributed by atoms with Gasteiger partial charge in [0.25, 0.3) is 0 Å². The molecule has 0 aromatic carbocycles. The third-order valence-corrected chi connectivity index (χ3v) is 2.17. The van der Waals surface area contributed by atoms with Crippen LogP contribution in [0.4, 0.5) is 0 Å². The molecule has 0 amide bonds. The van der Waals surface area contributed by atoms with Crippen molar-refractivity contribution in [2.75, 3.05) is 39.3 Å². The first-order valence-corrected chi connectivity index (χ1v) is 5.52. The van der Waals surface area contributed by atoms with Crippen molar-refractivity contribution in [2.45, 2.75) is 0 Å². The number of hydrogen-bond acceptors (Lipinski definition) is 6. The second-order valence-corrected chi connectivity index (χ2v) is 4.00. The van der Waals surface area contributed by atoms with Crippen molar-refractivity contribution < 1.29 is 39.6 Å². The predicted molar refractivity (Wildman–Crippen MR) is 81.4 cm³/mol. The van der Waals surface area contributed by atoms with E-state index in [9.17, 15) is 19.2 Å². The van der Waals surface area contributed by atoms with Crippen LogP contribution in [0.2, 0.25) is 0 Å². The van der Waals surface area contributed by atoms with E-state index in [0.29, 0.717) is 0 Å². The van der Waals surface area contributed by atoms with Gasteiger partial charge in [-0.25, -0.2) is 0 Å². The summed E-state index contributed by atoms with van der Waals surface area (Å²) >= 11 is 0. The second-order valence-electron chi connectivity index (χ2n) is 4.00. The average Bonchev–Trinajstić information content (AvgIpc) is 2.22. The van der Waals surface area contributed by atoms with E-state index in [1.807, 2.05) is 0 Å². The summed E-state index contributed by atoms with van der Waals surface area (Å²) in [4.78, 5) is 44.4. The van der Waals surface area contributed by atoms with Crippen molar-refractivity contribution >= 4 is 23.9 Å². The van der Waals surface area contributed by atoms with Gasteiger partial charge in [0.1, 0.15) is 0 Å². The lowest BCUT2D eigenvalue weighted by Gasteiger charge is -2.23. The highest BCUT2D eigenvalue weighted by Crippen LogP contribution is 1.94. The van der Waals surface area contributed by atoms with Crippen LogP contribution in [-0.4, -0.2) is 93.4 Å². The molecule has 16 N–H and O–H groups in total. The lowest BCUT2D eigenvalue weighted by Crippen LogP contribution is -2.43. The lowest BCUT2D eigenvalue weighted by atomic mass is 10.4. The van der Waals surface area contributed by atoms with Gasteiger partial charge < -0.3 is 38.9 Å². The molecule has 0 aliphatic heterocycles. The smallest absolute Gasteiger partial charge is 0.317 e. The standard InChI is InChI=1S/C10H16N2O8.3H3N/c13-7(14)3-11(4-8(15)16)1-2-12(5-9(17)18)6-10(19)20;;;/h1-6H2,(H,13,14)(H,15,16)(H,17,18)(H,19,20);3*1H3/p+3. The monoisotopic (exact) mass is 346 g/mol. The van der Waals surface area contributed by atoms with Gasteiger partial charge in [0, 0.05) is 13.1 Å². The molecular formula is C10H28N5O8+3. The highest BCUT2D eigenvalue weighted by atomic mass is 16.4. The molecule has 0 saturated heterocycles. The molecular weight excluding hydrogens is 318 g/mol. The summed E-state index contributed by atoms with van der Waals surface area (Å²) in [5, 5.41) is 34.5. The third-order valence-electron chi connectivity index (χ3n) is 2.17. The molecule has 0 aliphatic rings. The predicted octanol–water partition coefficient (Wildman–Crippen LogP) is -0.943. The number of carbonyl (C=O) groups is 4. The minimum Gasteiger partial charge on any atom is -0.480 e. The Hall–Kier alpha value is -2.32. The highest BCUT2D eigenvalue weighted by molar-refractivity contribution is 5.73. The zero-order valence-corrected chi connectivity index (χ0v) is 13.6. The van der Waals surface area contributed by atoms with Gasteiger partial charge in [0.2, 0.25) is 0 Å². The van der Waals surface area contributed by atoms with Crippen LogP contribution in [0.5, 0.6) is 0 Å². The van der Waals surface area contributed by atoms with Crippen molar-refractivity contribution in [3.63, 3.8) is 0 Å². The molecule has 0 heterocycles. The fourth-order valence-electron chi connectivity index (χ4n) is 1.48. The first-order chi connectivity index (χ1) is 9.20. The van der Waals surface area contributed by atoms with E-state index in [2.05, 4.69) is 0 Å². The summed E-state index contributed by atoms with van der Waals surface area (Å²) in [6, 6.07) is 0. The molecule has 138 valence electrons. The fraction of sp³-hybridized carbons (Fsp3) is 0.600. The molecule has 0 aliphatic carbocycles. The largest absolute Gasteiger partial charge is 0.480 e. The molecule has 0 saturated carbocycles. The molecule has 0 atom stereocenters. The molecule has 0 bridgehead atoms. The molecule has 0 aromatic heterocycles. The van der Waals surface area contributed by atoms with E-state index in [0.717, 1.165) is 9.80 Å². The van der Waals surface area contributed by atoms with Crippen molar-refractivity contribution in [1.82, 2.24) is 28.3 Å². The van der Waals surface area contributed by atoms with E-state index >= 15 is 0 Å². The summed E-state index contributed by atoms with van der Waals surface area (Å²) in [7, 11) is 0. The Morgan fingerprint density at radius 3 is 0.826 bits per heavy atom. The maximum atomic E-state index is 10.6. The second kappa shape index (κ2) is 14.6. The summed E-state index contributed by atoms with van der Waals surface area (Å²) in [5.41, 5.74) is 0. The summed E-state index contributed by atoms with van der Waals surface area (Å²) in [6.45, 7) is -2.25. The number of rotatable bonds is 11. The van der Waals surface area contributed by atoms with Crippen molar-refractivity contribution in [1.29, 1.82) is 0 Å². The topological polar surface area (TPSA) is 265 Å². The van der Waals surface area contributed by atoms with Crippen LogP contribution in [0, 0.1) is 0 Å². The van der Waals surface area contributed by atoms with Gasteiger partial charge in [0.15, 0.2) is 0 Å². The number of aliphatic carboxylic acids is 4. The van der Waals surface area contributed by atoms with Crippen molar-refractivity contribution in [3.8, 4) is 0 Å². The van der Waals surface area contributed by atoms with Crippen LogP contribution in [0.1, 0.15) is 0 Å². The molecule has 23 heavy (non-hydrogen) atoms. The normalized spacial score (nSPS) is 9.30. The Balaban J connectivity index is -0.000000602. The highest BCUT2D eigenvalue weighted by Gasteiger charge is 2.17. The maximum Gasteiger partial charge on any atom is 0.317 e. The SMILES string of the molecule is O=C(O)CN(CCN(CC(=O)O)CC(=O)O)CC(=O)O.[NH4+].[NH4+].[NH4+]. The van der Waals surface area contributed by atoms with Gasteiger partial charge in [-0.1, -0.05) is 0 Å². The number of nitrogens with zero attached hydrogens (tertiary/aromatic N) is 2. The van der Waals surface area contributed by atoms with Gasteiger partial charge in [-0.3, -0.25) is 29.0 Å². The molecule has 0 fully saturated rings. The Labute approximate surface area is 132 Å². The van der Waals surface area contributed by atoms with Crippen LogP contribution >= 0.6 is 0 Å². The quantitative estimate of drug-likeness (QED) is 0.241. The van der Waals surface area contributed by atoms with Gasteiger partial charge in [-0.2, -0.15) is 0 Å². The molecule has 0 radical (unpaired) electrons. The van der Waals surface area contributed by atoms with E-state index in [4.69, 9.17) is 20.4 Å². The van der Waals surface area contributed by atoms with Crippen molar-refractivity contribution in [2.24, 2.45) is 0 Å². The number of carboxylic acid groups (broad SMARTS) is 4. The Morgan fingerprint density at radius 1 is 0.522 bits per heavy atom. The van der Waals surface area contributed by atoms with Crippen molar-refractivity contribution in [3.05, 3.63) is 0 Å². The zero-order chi connectivity index (χ0) is 15.7. The van der Waals surface area contributed by atoms with E-state index in [1.165, 1.54) is 0 Å². The number of hydrogen-bond donors (Lipinski definition) is 7. The molecule has 0 unspecified atom stereocenters. The summed E-state index contributed by atoms with van der Waals surface area (Å²) in [6.07, 6.45) is 0. The molecule has 13 heteroatoms. The molecule has 13 nitrogen and oxygen atoms in total. The fourth-order valence-corrected chi connectivity index (χ4v) is 1.48. The maximum absolute atomic E-state index is 10.6. The number of carboxylic acids is 4. The van der Waals surface area contributed by atoms with Crippen LogP contribution in [0.15, 0.2) is 0 Å². The summed E-state index contributed by atoms with van der Waals surface area (Å²) < 4.78 is 0. The zero-order valence-electron chi connectivity index (χ0n) is 13.6. The molecule has 0 spiro atoms. The van der Waals surface area contributed by atoms with Crippen LogP contribution < -0.4 is 18.5 Å². The third kappa shape index (κ3) is 17.6. The van der Waals surface area contributed by atoms with Crippen LogP contribution in [0.25, 0.3) is 0 Å². The molecule has 0 rings (SSSR count). The number of quaternary nitrogens is 3. The van der Waals surface area contributed by atoms with Crippen LogP contribution in [-0.2, 0) is 19.2 Å². The van der Waals surface area contributed by atoms with Crippen LogP contribution in [0.3, 0.4) is 0 Å². The average molecular weight is 346 g/mol. The Kier molecular flexibility index (Phi) is 18.3. The minimum absolute atomic E-state index is 0.